The molecule has 2 N–H and O–H groups in total. The number of aromatic nitrogens is 2. The molecule has 1 unspecified atom stereocenters. The first-order valence-corrected chi connectivity index (χ1v) is 9.03. The number of anilines is 1. The zero-order valence-electron chi connectivity index (χ0n) is 10.8. The summed E-state index contributed by atoms with van der Waals surface area (Å²) in [7, 11) is -3.15. The van der Waals surface area contributed by atoms with E-state index in [9.17, 15) is 8.42 Å². The predicted molar refractivity (Wildman–Crippen MR) is 77.8 cm³/mol. The van der Waals surface area contributed by atoms with Gasteiger partial charge in [-0.3, -0.25) is 4.98 Å². The van der Waals surface area contributed by atoms with E-state index in [0.29, 0.717) is 23.8 Å². The molecule has 0 aliphatic carbocycles. The van der Waals surface area contributed by atoms with Crippen LogP contribution in [0.2, 0.25) is 0 Å². The molecule has 8 heteroatoms. The summed E-state index contributed by atoms with van der Waals surface area (Å²) >= 11 is 1.66. The smallest absolute Gasteiger partial charge is 0.171 e. The maximum absolute atomic E-state index is 12.2. The van der Waals surface area contributed by atoms with Gasteiger partial charge in [0.1, 0.15) is 5.37 Å². The second kappa shape index (κ2) is 6.06. The van der Waals surface area contributed by atoms with Crippen molar-refractivity contribution in [1.29, 1.82) is 0 Å². The second-order valence-corrected chi connectivity index (χ2v) is 7.80. The Kier molecular flexibility index (Phi) is 4.64. The molecule has 1 atom stereocenters. The lowest BCUT2D eigenvalue weighted by Gasteiger charge is -2.36. The average molecular weight is 302 g/mol. The summed E-state index contributed by atoms with van der Waals surface area (Å²) in [5.74, 6) is 2.19. The van der Waals surface area contributed by atoms with Crippen molar-refractivity contribution in [2.45, 2.75) is 18.8 Å². The highest BCUT2D eigenvalue weighted by molar-refractivity contribution is 8.01. The van der Waals surface area contributed by atoms with Crippen molar-refractivity contribution in [3.8, 4) is 0 Å². The monoisotopic (exact) mass is 302 g/mol. The van der Waals surface area contributed by atoms with Crippen LogP contribution in [0.4, 0.5) is 5.82 Å². The van der Waals surface area contributed by atoms with Gasteiger partial charge in [0.2, 0.25) is 0 Å². The molecule has 1 saturated heterocycles. The highest BCUT2D eigenvalue weighted by Gasteiger charge is 2.34. The maximum atomic E-state index is 12.2. The lowest BCUT2D eigenvalue weighted by Crippen LogP contribution is -2.48. The van der Waals surface area contributed by atoms with Crippen molar-refractivity contribution in [2.24, 2.45) is 5.73 Å². The van der Waals surface area contributed by atoms with Gasteiger partial charge in [0, 0.05) is 42.7 Å². The first-order valence-electron chi connectivity index (χ1n) is 6.16. The van der Waals surface area contributed by atoms with E-state index < -0.39 is 15.2 Å². The fraction of sp³-hybridized carbons (Fsp3) is 0.636. The summed E-state index contributed by atoms with van der Waals surface area (Å²) in [5.41, 5.74) is 6.30. The van der Waals surface area contributed by atoms with Gasteiger partial charge in [0.25, 0.3) is 0 Å². The Morgan fingerprint density at radius 3 is 2.89 bits per heavy atom. The molecule has 0 amide bonds. The number of hydrogen-bond donors (Lipinski definition) is 1. The molecule has 2 rings (SSSR count). The van der Waals surface area contributed by atoms with Crippen LogP contribution in [0.5, 0.6) is 0 Å². The average Bonchev–Trinajstić information content (AvgIpc) is 2.47. The third kappa shape index (κ3) is 3.01. The fourth-order valence-corrected chi connectivity index (χ4v) is 5.03. The summed E-state index contributed by atoms with van der Waals surface area (Å²) < 4.78 is 24.4. The molecular formula is C11H18N4O2S2. The SMILES string of the molecule is CCS(=O)(=O)C1CSCCN1c1nccnc1CN. The van der Waals surface area contributed by atoms with Gasteiger partial charge in [0.15, 0.2) is 15.7 Å². The van der Waals surface area contributed by atoms with Crippen LogP contribution in [-0.4, -0.2) is 47.6 Å². The number of nitrogens with zero attached hydrogens (tertiary/aromatic N) is 3. The molecule has 106 valence electrons. The summed E-state index contributed by atoms with van der Waals surface area (Å²) in [6.07, 6.45) is 3.15. The topological polar surface area (TPSA) is 89.2 Å². The Morgan fingerprint density at radius 1 is 1.47 bits per heavy atom. The summed E-state index contributed by atoms with van der Waals surface area (Å²) in [5, 5.41) is -0.529. The molecular weight excluding hydrogens is 284 g/mol. The van der Waals surface area contributed by atoms with Crippen molar-refractivity contribution in [1.82, 2.24) is 9.97 Å². The minimum atomic E-state index is -3.15. The summed E-state index contributed by atoms with van der Waals surface area (Å²) in [6, 6.07) is 0. The Morgan fingerprint density at radius 2 is 2.21 bits per heavy atom. The molecule has 1 aliphatic heterocycles. The number of hydrogen-bond acceptors (Lipinski definition) is 7. The molecule has 0 spiro atoms. The van der Waals surface area contributed by atoms with Gasteiger partial charge < -0.3 is 10.6 Å². The standard InChI is InChI=1S/C11H18N4O2S2/c1-2-19(16,17)10-8-18-6-5-15(10)11-9(7-12)13-3-4-14-11/h3-4,10H,2,5-8,12H2,1H3. The minimum Gasteiger partial charge on any atom is -0.337 e. The molecule has 2 heterocycles. The Labute approximate surface area is 117 Å². The van der Waals surface area contributed by atoms with Gasteiger partial charge in [-0.2, -0.15) is 11.8 Å². The summed E-state index contributed by atoms with van der Waals surface area (Å²) in [4.78, 5) is 10.3. The van der Waals surface area contributed by atoms with Crippen LogP contribution in [0.1, 0.15) is 12.6 Å². The van der Waals surface area contributed by atoms with Crippen LogP contribution in [0, 0.1) is 0 Å². The minimum absolute atomic E-state index is 0.132. The van der Waals surface area contributed by atoms with E-state index in [1.807, 2.05) is 4.90 Å². The molecule has 6 nitrogen and oxygen atoms in total. The van der Waals surface area contributed by atoms with Crippen LogP contribution in [-0.2, 0) is 16.4 Å². The van der Waals surface area contributed by atoms with Crippen molar-refractivity contribution < 1.29 is 8.42 Å². The van der Waals surface area contributed by atoms with E-state index in [2.05, 4.69) is 9.97 Å². The first kappa shape index (κ1) is 14.5. The quantitative estimate of drug-likeness (QED) is 0.852. The number of sulfone groups is 1. The fourth-order valence-electron chi connectivity index (χ4n) is 2.06. The molecule has 1 aromatic heterocycles. The van der Waals surface area contributed by atoms with Crippen molar-refractivity contribution in [2.75, 3.05) is 28.7 Å². The maximum Gasteiger partial charge on any atom is 0.171 e. The summed E-state index contributed by atoms with van der Waals surface area (Å²) in [6.45, 7) is 2.58. The molecule has 1 aromatic rings. The molecule has 0 saturated carbocycles. The third-order valence-electron chi connectivity index (χ3n) is 3.12. The zero-order valence-corrected chi connectivity index (χ0v) is 12.5. The molecule has 1 fully saturated rings. The second-order valence-electron chi connectivity index (χ2n) is 4.21. The van der Waals surface area contributed by atoms with Gasteiger partial charge in [0.05, 0.1) is 5.69 Å². The largest absolute Gasteiger partial charge is 0.337 e. The van der Waals surface area contributed by atoms with Gasteiger partial charge in [-0.25, -0.2) is 13.4 Å². The van der Waals surface area contributed by atoms with E-state index in [0.717, 1.165) is 5.75 Å². The Hall–Kier alpha value is -0.860. The lowest BCUT2D eigenvalue weighted by atomic mass is 10.3. The van der Waals surface area contributed by atoms with E-state index in [1.54, 1.807) is 31.1 Å². The van der Waals surface area contributed by atoms with Crippen molar-refractivity contribution >= 4 is 27.4 Å². The molecule has 1 aliphatic rings. The van der Waals surface area contributed by atoms with E-state index in [1.165, 1.54) is 0 Å². The molecule has 0 radical (unpaired) electrons. The first-order chi connectivity index (χ1) is 9.10. The molecule has 19 heavy (non-hydrogen) atoms. The lowest BCUT2D eigenvalue weighted by molar-refractivity contribution is 0.578. The van der Waals surface area contributed by atoms with E-state index >= 15 is 0 Å². The van der Waals surface area contributed by atoms with Gasteiger partial charge in [-0.05, 0) is 0 Å². The normalized spacial score (nSPS) is 20.5. The third-order valence-corrected chi connectivity index (χ3v) is 6.41. The zero-order chi connectivity index (χ0) is 13.9. The molecule has 0 bridgehead atoms. The predicted octanol–water partition coefficient (Wildman–Crippen LogP) is 0.249. The highest BCUT2D eigenvalue weighted by atomic mass is 32.2. The Bertz CT molecular complexity index is 535. The van der Waals surface area contributed by atoms with Crippen LogP contribution < -0.4 is 10.6 Å². The van der Waals surface area contributed by atoms with Gasteiger partial charge in [-0.1, -0.05) is 6.92 Å². The Balaban J connectivity index is 2.40. The van der Waals surface area contributed by atoms with Gasteiger partial charge >= 0.3 is 0 Å². The van der Waals surface area contributed by atoms with Crippen molar-refractivity contribution in [3.05, 3.63) is 18.1 Å². The molecule has 0 aromatic carbocycles. The van der Waals surface area contributed by atoms with Crippen LogP contribution in [0.15, 0.2) is 12.4 Å². The van der Waals surface area contributed by atoms with Crippen molar-refractivity contribution in [3.63, 3.8) is 0 Å². The number of nitrogens with two attached hydrogens (primary N) is 1. The van der Waals surface area contributed by atoms with Gasteiger partial charge in [-0.15, -0.1) is 0 Å². The number of thioether (sulfide) groups is 1. The van der Waals surface area contributed by atoms with Crippen LogP contribution in [0.3, 0.4) is 0 Å². The van der Waals surface area contributed by atoms with E-state index in [4.69, 9.17) is 5.73 Å². The van der Waals surface area contributed by atoms with E-state index in [-0.39, 0.29) is 12.3 Å². The highest BCUT2D eigenvalue weighted by Crippen LogP contribution is 2.27. The number of rotatable bonds is 4. The van der Waals surface area contributed by atoms with Crippen LogP contribution >= 0.6 is 11.8 Å². The van der Waals surface area contributed by atoms with Crippen LogP contribution in [0.25, 0.3) is 0 Å².